The molecule has 3 rings (SSSR count). The molecule has 1 amide bonds. The van der Waals surface area contributed by atoms with Crippen LogP contribution in [0, 0.1) is 6.92 Å². The smallest absolute Gasteiger partial charge is 0.236 e. The van der Waals surface area contributed by atoms with Gasteiger partial charge in [0.25, 0.3) is 0 Å². The van der Waals surface area contributed by atoms with Crippen LogP contribution in [-0.4, -0.2) is 28.5 Å². The lowest BCUT2D eigenvalue weighted by molar-refractivity contribution is -0.118. The maximum atomic E-state index is 11.1. The molecule has 28 heavy (non-hydrogen) atoms. The first-order chi connectivity index (χ1) is 13.6. The van der Waals surface area contributed by atoms with Crippen LogP contribution in [0.4, 0.5) is 0 Å². The lowest BCUT2D eigenvalue weighted by Gasteiger charge is -2.11. The summed E-state index contributed by atoms with van der Waals surface area (Å²) in [6, 6.07) is 17.0. The van der Waals surface area contributed by atoms with Crippen LogP contribution in [0.15, 0.2) is 59.7 Å². The molecule has 3 aromatic rings. The number of carbonyl (C=O) groups is 1. The first-order valence-electron chi connectivity index (χ1n) is 8.94. The topological polar surface area (TPSA) is 77.7 Å². The first kappa shape index (κ1) is 19.2. The summed E-state index contributed by atoms with van der Waals surface area (Å²) in [6.45, 7) is 5.80. The third-order valence-corrected chi connectivity index (χ3v) is 3.83. The second-order valence-corrected chi connectivity index (χ2v) is 5.98. The van der Waals surface area contributed by atoms with E-state index in [9.17, 15) is 4.79 Å². The van der Waals surface area contributed by atoms with Gasteiger partial charge in [-0.1, -0.05) is 18.2 Å². The van der Waals surface area contributed by atoms with E-state index in [2.05, 4.69) is 15.6 Å². The molecular formula is C21H22N4O3. The standard InChI is InChI=1S/C21H22N4O3/c1-4-27-18-10-12-19(13-11-18)28-21-20(14-22-23-16(3)26)15(2)24-25(21)17-8-6-5-7-9-17/h5-14H,4H2,1-3H3,(H,23,26)/b22-14+. The summed E-state index contributed by atoms with van der Waals surface area (Å²) in [5.74, 6) is 1.66. The molecule has 0 bridgehead atoms. The Morgan fingerprint density at radius 3 is 2.46 bits per heavy atom. The molecule has 0 spiro atoms. The minimum absolute atomic E-state index is 0.252. The minimum atomic E-state index is -0.252. The number of nitrogens with one attached hydrogen (secondary N) is 1. The Morgan fingerprint density at radius 2 is 1.82 bits per heavy atom. The molecule has 0 aliphatic carbocycles. The van der Waals surface area contributed by atoms with Crippen LogP contribution >= 0.6 is 0 Å². The maximum absolute atomic E-state index is 11.1. The van der Waals surface area contributed by atoms with Crippen LogP contribution < -0.4 is 14.9 Å². The second-order valence-electron chi connectivity index (χ2n) is 5.98. The number of hydrazone groups is 1. The summed E-state index contributed by atoms with van der Waals surface area (Å²) in [6.07, 6.45) is 1.53. The molecule has 1 N–H and O–H groups in total. The molecule has 7 heteroatoms. The summed E-state index contributed by atoms with van der Waals surface area (Å²) >= 11 is 0. The van der Waals surface area contributed by atoms with Gasteiger partial charge in [0.15, 0.2) is 0 Å². The van der Waals surface area contributed by atoms with Crippen LogP contribution in [0.3, 0.4) is 0 Å². The van der Waals surface area contributed by atoms with E-state index in [-0.39, 0.29) is 5.91 Å². The molecule has 1 aromatic heterocycles. The van der Waals surface area contributed by atoms with Crippen LogP contribution in [-0.2, 0) is 4.79 Å². The number of ether oxygens (including phenoxy) is 2. The van der Waals surface area contributed by atoms with Crippen LogP contribution in [0.25, 0.3) is 5.69 Å². The molecule has 0 saturated carbocycles. The molecule has 0 saturated heterocycles. The van der Waals surface area contributed by atoms with Crippen molar-refractivity contribution in [2.75, 3.05) is 6.61 Å². The van der Waals surface area contributed by atoms with E-state index in [4.69, 9.17) is 9.47 Å². The molecule has 0 aliphatic rings. The third-order valence-electron chi connectivity index (χ3n) is 3.83. The highest BCUT2D eigenvalue weighted by molar-refractivity contribution is 5.86. The van der Waals surface area contributed by atoms with Crippen molar-refractivity contribution in [1.82, 2.24) is 15.2 Å². The van der Waals surface area contributed by atoms with Gasteiger partial charge in [0.05, 0.1) is 29.8 Å². The number of aryl methyl sites for hydroxylation is 1. The average molecular weight is 378 g/mol. The predicted octanol–water partition coefficient (Wildman–Crippen LogP) is 3.84. The van der Waals surface area contributed by atoms with Crippen LogP contribution in [0.2, 0.25) is 0 Å². The summed E-state index contributed by atoms with van der Waals surface area (Å²) in [4.78, 5) is 11.1. The Hall–Kier alpha value is -3.61. The van der Waals surface area contributed by atoms with Crippen molar-refractivity contribution in [2.24, 2.45) is 5.10 Å². The fraction of sp³-hybridized carbons (Fsp3) is 0.190. The van der Waals surface area contributed by atoms with Gasteiger partial charge in [-0.05, 0) is 50.2 Å². The first-order valence-corrected chi connectivity index (χ1v) is 8.94. The number of hydrogen-bond acceptors (Lipinski definition) is 5. The van der Waals surface area contributed by atoms with Gasteiger partial charge in [0, 0.05) is 6.92 Å². The van der Waals surface area contributed by atoms with Gasteiger partial charge in [-0.15, -0.1) is 0 Å². The van der Waals surface area contributed by atoms with E-state index in [1.807, 2.05) is 68.4 Å². The number of rotatable bonds is 7. The summed E-state index contributed by atoms with van der Waals surface area (Å²) in [7, 11) is 0. The van der Waals surface area contributed by atoms with Crippen molar-refractivity contribution in [3.8, 4) is 23.1 Å². The molecule has 0 fully saturated rings. The Labute approximate surface area is 163 Å². The van der Waals surface area contributed by atoms with E-state index in [1.165, 1.54) is 13.1 Å². The van der Waals surface area contributed by atoms with Gasteiger partial charge in [0.2, 0.25) is 11.8 Å². The van der Waals surface area contributed by atoms with Crippen molar-refractivity contribution >= 4 is 12.1 Å². The highest BCUT2D eigenvalue weighted by Gasteiger charge is 2.18. The van der Waals surface area contributed by atoms with Gasteiger partial charge in [-0.25, -0.2) is 5.43 Å². The predicted molar refractivity (Wildman–Crippen MR) is 107 cm³/mol. The largest absolute Gasteiger partial charge is 0.494 e. The number of carbonyl (C=O) groups excluding carboxylic acids is 1. The minimum Gasteiger partial charge on any atom is -0.494 e. The van der Waals surface area contributed by atoms with E-state index < -0.39 is 0 Å². The number of benzene rings is 2. The van der Waals surface area contributed by atoms with Crippen molar-refractivity contribution in [2.45, 2.75) is 20.8 Å². The van der Waals surface area contributed by atoms with Crippen molar-refractivity contribution in [3.05, 3.63) is 65.9 Å². The molecule has 2 aromatic carbocycles. The number of nitrogens with zero attached hydrogens (tertiary/aromatic N) is 3. The van der Waals surface area contributed by atoms with Crippen molar-refractivity contribution in [1.29, 1.82) is 0 Å². The van der Waals surface area contributed by atoms with E-state index in [1.54, 1.807) is 4.68 Å². The van der Waals surface area contributed by atoms with E-state index in [0.717, 1.165) is 17.1 Å². The zero-order chi connectivity index (χ0) is 19.9. The highest BCUT2D eigenvalue weighted by Crippen LogP contribution is 2.30. The van der Waals surface area contributed by atoms with Gasteiger partial charge in [0.1, 0.15) is 11.5 Å². The van der Waals surface area contributed by atoms with Gasteiger partial charge in [-0.3, -0.25) is 4.79 Å². The van der Waals surface area contributed by atoms with Crippen molar-refractivity contribution < 1.29 is 14.3 Å². The average Bonchev–Trinajstić information content (AvgIpc) is 3.00. The zero-order valence-electron chi connectivity index (χ0n) is 16.0. The quantitative estimate of drug-likeness (QED) is 0.500. The lowest BCUT2D eigenvalue weighted by atomic mass is 10.2. The van der Waals surface area contributed by atoms with E-state index in [0.29, 0.717) is 23.8 Å². The highest BCUT2D eigenvalue weighted by atomic mass is 16.5. The molecule has 0 unspecified atom stereocenters. The SMILES string of the molecule is CCOc1ccc(Oc2c(/C=N/NC(C)=O)c(C)nn2-c2ccccc2)cc1. The molecule has 0 aliphatic heterocycles. The zero-order valence-corrected chi connectivity index (χ0v) is 16.0. The molecule has 1 heterocycles. The van der Waals surface area contributed by atoms with E-state index >= 15 is 0 Å². The fourth-order valence-corrected chi connectivity index (χ4v) is 2.58. The third kappa shape index (κ3) is 4.56. The summed E-state index contributed by atoms with van der Waals surface area (Å²) < 4.78 is 13.3. The lowest BCUT2D eigenvalue weighted by Crippen LogP contribution is -2.12. The van der Waals surface area contributed by atoms with Crippen LogP contribution in [0.1, 0.15) is 25.1 Å². The Morgan fingerprint density at radius 1 is 1.14 bits per heavy atom. The van der Waals surface area contributed by atoms with Gasteiger partial charge >= 0.3 is 0 Å². The molecule has 0 radical (unpaired) electrons. The number of aromatic nitrogens is 2. The molecular weight excluding hydrogens is 356 g/mol. The normalized spacial score (nSPS) is 10.8. The fourth-order valence-electron chi connectivity index (χ4n) is 2.58. The van der Waals surface area contributed by atoms with Gasteiger partial charge in [-0.2, -0.15) is 14.9 Å². The molecule has 144 valence electrons. The summed E-state index contributed by atoms with van der Waals surface area (Å²) in [5, 5.41) is 8.56. The molecule has 0 atom stereocenters. The Kier molecular flexibility index (Phi) is 6.06. The number of hydrogen-bond donors (Lipinski definition) is 1. The number of amides is 1. The van der Waals surface area contributed by atoms with Crippen molar-refractivity contribution in [3.63, 3.8) is 0 Å². The maximum Gasteiger partial charge on any atom is 0.236 e. The molecule has 7 nitrogen and oxygen atoms in total. The van der Waals surface area contributed by atoms with Crippen LogP contribution in [0.5, 0.6) is 17.4 Å². The second kappa shape index (κ2) is 8.85. The monoisotopic (exact) mass is 378 g/mol. The number of para-hydroxylation sites is 1. The summed E-state index contributed by atoms with van der Waals surface area (Å²) in [5.41, 5.74) is 4.65. The Balaban J connectivity index is 2.00. The van der Waals surface area contributed by atoms with Gasteiger partial charge < -0.3 is 9.47 Å². The Bertz CT molecular complexity index is 963.